The number of nitrogens with zero attached hydrogens (tertiary/aromatic N) is 1. The first-order valence-corrected chi connectivity index (χ1v) is 3.63. The lowest BCUT2D eigenvalue weighted by Gasteiger charge is -1.91. The van der Waals surface area contributed by atoms with Gasteiger partial charge in [-0.05, 0) is 11.4 Å². The summed E-state index contributed by atoms with van der Waals surface area (Å²) >= 11 is 1.21. The normalized spacial score (nSPS) is 11.5. The molecule has 0 saturated carbocycles. The molecule has 1 rings (SSSR count). The molecule has 0 spiro atoms. The molecule has 0 atom stereocenters. The highest BCUT2D eigenvalue weighted by Crippen LogP contribution is 2.09. The summed E-state index contributed by atoms with van der Waals surface area (Å²) in [7, 11) is 0. The second kappa shape index (κ2) is 3.16. The van der Waals surface area contributed by atoms with Gasteiger partial charge in [0.1, 0.15) is 0 Å². The van der Waals surface area contributed by atoms with Crippen LogP contribution in [-0.2, 0) is 4.79 Å². The molecular formula is C6H5NO3S. The molecule has 1 heterocycles. The molecule has 0 aliphatic heterocycles. The molecule has 0 aliphatic carbocycles. The van der Waals surface area contributed by atoms with Crippen LogP contribution in [0.3, 0.4) is 0 Å². The Bertz CT molecular complexity index is 278. The van der Waals surface area contributed by atoms with Crippen LogP contribution in [0, 0.1) is 0 Å². The molecule has 5 heteroatoms. The molecule has 4 nitrogen and oxygen atoms in total. The predicted molar refractivity (Wildman–Crippen MR) is 40.3 cm³/mol. The number of oxime groups is 1. The molecule has 0 unspecified atom stereocenters. The number of carbonyl (C=O) groups is 1. The van der Waals surface area contributed by atoms with Crippen molar-refractivity contribution in [1.82, 2.24) is 0 Å². The minimum Gasteiger partial charge on any atom is -0.476 e. The molecule has 58 valence electrons. The number of carboxylic acids is 1. The van der Waals surface area contributed by atoms with E-state index in [0.717, 1.165) is 0 Å². The highest BCUT2D eigenvalue weighted by Gasteiger charge is 2.13. The van der Waals surface area contributed by atoms with E-state index in [-0.39, 0.29) is 5.71 Å². The van der Waals surface area contributed by atoms with E-state index < -0.39 is 5.97 Å². The number of hydrogen-bond donors (Lipinski definition) is 2. The largest absolute Gasteiger partial charge is 0.476 e. The van der Waals surface area contributed by atoms with Crippen LogP contribution >= 0.6 is 11.3 Å². The third-order valence-electron chi connectivity index (χ3n) is 1.06. The maximum absolute atomic E-state index is 10.3. The van der Waals surface area contributed by atoms with Gasteiger partial charge in [-0.25, -0.2) is 4.79 Å². The van der Waals surface area contributed by atoms with E-state index in [9.17, 15) is 4.79 Å². The Balaban J connectivity index is 2.99. The van der Waals surface area contributed by atoms with Gasteiger partial charge in [0.25, 0.3) is 0 Å². The van der Waals surface area contributed by atoms with Crippen molar-refractivity contribution >= 4 is 23.0 Å². The van der Waals surface area contributed by atoms with E-state index in [1.807, 2.05) is 0 Å². The van der Waals surface area contributed by atoms with Crippen LogP contribution in [0.1, 0.15) is 4.88 Å². The van der Waals surface area contributed by atoms with Gasteiger partial charge >= 0.3 is 5.97 Å². The predicted octanol–water partition coefficient (Wildman–Crippen LogP) is 1.01. The van der Waals surface area contributed by atoms with Crippen LogP contribution in [0.15, 0.2) is 22.7 Å². The van der Waals surface area contributed by atoms with Gasteiger partial charge in [0.2, 0.25) is 5.71 Å². The standard InChI is InChI=1S/C6H5NO3S/c8-6(9)5(7-10)4-2-1-3-11-4/h1-3,10H,(H,8,9). The molecule has 0 amide bonds. The molecule has 1 aromatic rings. The van der Waals surface area contributed by atoms with Crippen molar-refractivity contribution in [1.29, 1.82) is 0 Å². The molecule has 0 saturated heterocycles. The Hall–Kier alpha value is -1.36. The van der Waals surface area contributed by atoms with Gasteiger partial charge in [0.15, 0.2) is 0 Å². The Labute approximate surface area is 66.4 Å². The zero-order valence-electron chi connectivity index (χ0n) is 5.39. The minimum atomic E-state index is -1.23. The van der Waals surface area contributed by atoms with Crippen LogP contribution < -0.4 is 0 Å². The van der Waals surface area contributed by atoms with Crippen molar-refractivity contribution in [3.8, 4) is 0 Å². The molecular weight excluding hydrogens is 166 g/mol. The van der Waals surface area contributed by atoms with E-state index in [4.69, 9.17) is 10.3 Å². The van der Waals surface area contributed by atoms with Gasteiger partial charge in [-0.3, -0.25) is 0 Å². The maximum atomic E-state index is 10.3. The Morgan fingerprint density at radius 2 is 2.36 bits per heavy atom. The van der Waals surface area contributed by atoms with Crippen molar-refractivity contribution in [2.45, 2.75) is 0 Å². The van der Waals surface area contributed by atoms with Crippen LogP contribution in [0.2, 0.25) is 0 Å². The van der Waals surface area contributed by atoms with E-state index in [1.54, 1.807) is 17.5 Å². The summed E-state index contributed by atoms with van der Waals surface area (Å²) in [5, 5.41) is 21.1. The zero-order valence-corrected chi connectivity index (χ0v) is 6.21. The Kier molecular flexibility index (Phi) is 2.22. The molecule has 0 fully saturated rings. The number of thiophene rings is 1. The monoisotopic (exact) mass is 171 g/mol. The number of carboxylic acid groups (broad SMARTS) is 1. The van der Waals surface area contributed by atoms with Gasteiger partial charge < -0.3 is 10.3 Å². The highest BCUT2D eigenvalue weighted by atomic mass is 32.1. The maximum Gasteiger partial charge on any atom is 0.359 e. The third kappa shape index (κ3) is 1.56. The first-order valence-electron chi connectivity index (χ1n) is 2.75. The Morgan fingerprint density at radius 1 is 1.64 bits per heavy atom. The number of rotatable bonds is 2. The fourth-order valence-corrected chi connectivity index (χ4v) is 1.31. The molecule has 11 heavy (non-hydrogen) atoms. The van der Waals surface area contributed by atoms with Gasteiger partial charge in [0.05, 0.1) is 4.88 Å². The molecule has 0 radical (unpaired) electrons. The Morgan fingerprint density at radius 3 is 2.73 bits per heavy atom. The van der Waals surface area contributed by atoms with Gasteiger partial charge in [-0.2, -0.15) is 0 Å². The summed E-state index contributed by atoms with van der Waals surface area (Å²) in [6.07, 6.45) is 0. The SMILES string of the molecule is O=C(O)C(=NO)c1cccs1. The molecule has 0 aromatic carbocycles. The van der Waals surface area contributed by atoms with Crippen molar-refractivity contribution in [2.75, 3.05) is 0 Å². The average Bonchev–Trinajstić information content (AvgIpc) is 2.40. The molecule has 1 aromatic heterocycles. The third-order valence-corrected chi connectivity index (χ3v) is 1.93. The smallest absolute Gasteiger partial charge is 0.359 e. The fourth-order valence-electron chi connectivity index (χ4n) is 0.611. The van der Waals surface area contributed by atoms with E-state index in [0.29, 0.717) is 4.88 Å². The highest BCUT2D eigenvalue weighted by molar-refractivity contribution is 7.13. The van der Waals surface area contributed by atoms with Crippen molar-refractivity contribution in [3.05, 3.63) is 22.4 Å². The van der Waals surface area contributed by atoms with Gasteiger partial charge in [-0.15, -0.1) is 11.3 Å². The van der Waals surface area contributed by atoms with Crippen LogP contribution in [0.4, 0.5) is 0 Å². The summed E-state index contributed by atoms with van der Waals surface area (Å²) in [5.41, 5.74) is -0.319. The lowest BCUT2D eigenvalue weighted by atomic mass is 10.3. The van der Waals surface area contributed by atoms with Crippen molar-refractivity contribution in [3.63, 3.8) is 0 Å². The zero-order chi connectivity index (χ0) is 8.27. The van der Waals surface area contributed by atoms with E-state index >= 15 is 0 Å². The average molecular weight is 171 g/mol. The lowest BCUT2D eigenvalue weighted by molar-refractivity contribution is -0.129. The molecule has 2 N–H and O–H groups in total. The summed E-state index contributed by atoms with van der Waals surface area (Å²) < 4.78 is 0. The van der Waals surface area contributed by atoms with Crippen molar-refractivity contribution in [2.24, 2.45) is 5.16 Å². The van der Waals surface area contributed by atoms with Gasteiger partial charge in [-0.1, -0.05) is 11.2 Å². The summed E-state index contributed by atoms with van der Waals surface area (Å²) in [6, 6.07) is 3.27. The molecule has 0 aliphatic rings. The quantitative estimate of drug-likeness (QED) is 0.396. The first-order chi connectivity index (χ1) is 5.25. The van der Waals surface area contributed by atoms with Crippen LogP contribution in [0.25, 0.3) is 0 Å². The van der Waals surface area contributed by atoms with E-state index in [2.05, 4.69) is 5.16 Å². The van der Waals surface area contributed by atoms with Gasteiger partial charge in [0, 0.05) is 0 Å². The fraction of sp³-hybridized carbons (Fsp3) is 0. The molecule has 0 bridgehead atoms. The number of hydrogen-bond acceptors (Lipinski definition) is 4. The van der Waals surface area contributed by atoms with Crippen molar-refractivity contribution < 1.29 is 15.1 Å². The topological polar surface area (TPSA) is 69.9 Å². The second-order valence-electron chi connectivity index (χ2n) is 1.73. The van der Waals surface area contributed by atoms with E-state index in [1.165, 1.54) is 11.3 Å². The summed E-state index contributed by atoms with van der Waals surface area (Å²) in [5.74, 6) is -1.23. The summed E-state index contributed by atoms with van der Waals surface area (Å²) in [4.78, 5) is 10.8. The first kappa shape index (κ1) is 7.74. The number of aliphatic carboxylic acids is 1. The second-order valence-corrected chi connectivity index (χ2v) is 2.68. The lowest BCUT2D eigenvalue weighted by Crippen LogP contribution is -2.12. The minimum absolute atomic E-state index is 0.319. The summed E-state index contributed by atoms with van der Waals surface area (Å²) in [6.45, 7) is 0. The van der Waals surface area contributed by atoms with Crippen LogP contribution in [-0.4, -0.2) is 22.0 Å². The van der Waals surface area contributed by atoms with Crippen LogP contribution in [0.5, 0.6) is 0 Å².